The zero-order chi connectivity index (χ0) is 15.1. The molecule has 1 aliphatic heterocycles. The van der Waals surface area contributed by atoms with Gasteiger partial charge in [-0.1, -0.05) is 11.6 Å². The number of ether oxygens (including phenoxy) is 1. The van der Waals surface area contributed by atoms with Crippen molar-refractivity contribution < 1.29 is 18.3 Å². The third kappa shape index (κ3) is 3.18. The van der Waals surface area contributed by atoms with Gasteiger partial charge in [-0.15, -0.1) is 11.3 Å². The fraction of sp³-hybridized carbons (Fsp3) is 0.667. The van der Waals surface area contributed by atoms with Crippen molar-refractivity contribution >= 4 is 33.0 Å². The molecule has 1 aromatic rings. The summed E-state index contributed by atoms with van der Waals surface area (Å²) in [7, 11) is -3.60. The molecule has 1 atom stereocenters. The molecule has 2 heterocycles. The van der Waals surface area contributed by atoms with Gasteiger partial charge in [-0.3, -0.25) is 0 Å². The topological polar surface area (TPSA) is 66.8 Å². The number of aryl methyl sites for hydroxylation is 1. The minimum Gasteiger partial charge on any atom is -0.394 e. The third-order valence-electron chi connectivity index (χ3n) is 3.08. The fourth-order valence-electron chi connectivity index (χ4n) is 2.21. The molecule has 0 amide bonds. The maximum Gasteiger partial charge on any atom is 0.252 e. The quantitative estimate of drug-likeness (QED) is 0.913. The number of morpholine rings is 1. The highest BCUT2D eigenvalue weighted by Crippen LogP contribution is 2.34. The average Bonchev–Trinajstić information content (AvgIpc) is 2.68. The lowest BCUT2D eigenvalue weighted by Gasteiger charge is -2.41. The van der Waals surface area contributed by atoms with E-state index in [9.17, 15) is 13.5 Å². The van der Waals surface area contributed by atoms with E-state index >= 15 is 0 Å². The van der Waals surface area contributed by atoms with Gasteiger partial charge in [-0.2, -0.15) is 4.31 Å². The number of hydrogen-bond acceptors (Lipinski definition) is 5. The summed E-state index contributed by atoms with van der Waals surface area (Å²) in [5, 5.41) is 9.26. The number of aliphatic hydroxyl groups is 1. The van der Waals surface area contributed by atoms with Gasteiger partial charge >= 0.3 is 0 Å². The van der Waals surface area contributed by atoms with E-state index in [1.54, 1.807) is 13.0 Å². The fourth-order valence-corrected chi connectivity index (χ4v) is 5.69. The molecule has 1 N–H and O–H groups in total. The molecule has 1 saturated heterocycles. The zero-order valence-corrected chi connectivity index (χ0v) is 14.0. The molecular weight excluding hydrogens is 322 g/mol. The van der Waals surface area contributed by atoms with Crippen molar-refractivity contribution in [1.82, 2.24) is 4.31 Å². The van der Waals surface area contributed by atoms with Crippen molar-refractivity contribution in [1.29, 1.82) is 0 Å². The van der Waals surface area contributed by atoms with Crippen LogP contribution in [0.5, 0.6) is 0 Å². The number of halogens is 1. The Hall–Kier alpha value is -0.180. The molecule has 1 unspecified atom stereocenters. The normalized spacial score (nSPS) is 23.9. The Kier molecular flexibility index (Phi) is 4.49. The number of nitrogens with zero attached hydrogens (tertiary/aromatic N) is 1. The van der Waals surface area contributed by atoms with Gasteiger partial charge in [0, 0.05) is 13.1 Å². The summed E-state index contributed by atoms with van der Waals surface area (Å²) < 4.78 is 33.0. The summed E-state index contributed by atoms with van der Waals surface area (Å²) in [5.41, 5.74) is 0.121. The first-order valence-corrected chi connectivity index (χ1v) is 8.84. The Morgan fingerprint density at radius 2 is 2.25 bits per heavy atom. The van der Waals surface area contributed by atoms with Gasteiger partial charge in [-0.25, -0.2) is 8.42 Å². The van der Waals surface area contributed by atoms with Crippen LogP contribution < -0.4 is 0 Å². The minimum atomic E-state index is -3.60. The lowest BCUT2D eigenvalue weighted by molar-refractivity contribution is -0.131. The molecule has 0 bridgehead atoms. The van der Waals surface area contributed by atoms with Crippen LogP contribution in [0.15, 0.2) is 10.3 Å². The SMILES string of the molecule is Cc1cc(S(=O)(=O)N2CC(CO)OC(C)(C)C2)sc1Cl. The molecule has 1 fully saturated rings. The predicted octanol–water partition coefficient (Wildman–Crippen LogP) is 1.87. The van der Waals surface area contributed by atoms with E-state index in [2.05, 4.69) is 0 Å². The summed E-state index contributed by atoms with van der Waals surface area (Å²) >= 11 is 7.01. The molecule has 114 valence electrons. The third-order valence-corrected chi connectivity index (χ3v) is 6.90. The molecular formula is C12H18ClNO4S2. The summed E-state index contributed by atoms with van der Waals surface area (Å²) in [6.07, 6.45) is -0.509. The Bertz CT molecular complexity index is 577. The number of aliphatic hydroxyl groups excluding tert-OH is 1. The molecule has 0 radical (unpaired) electrons. The number of hydrogen-bond donors (Lipinski definition) is 1. The van der Waals surface area contributed by atoms with Crippen LogP contribution in [0.1, 0.15) is 19.4 Å². The standard InChI is InChI=1S/C12H18ClNO4S2/c1-8-4-10(19-11(8)13)20(16,17)14-5-9(6-15)18-12(2,3)7-14/h4,9,15H,5-7H2,1-3H3. The van der Waals surface area contributed by atoms with Crippen LogP contribution in [0.3, 0.4) is 0 Å². The van der Waals surface area contributed by atoms with Crippen molar-refractivity contribution in [3.63, 3.8) is 0 Å². The predicted molar refractivity (Wildman–Crippen MR) is 78.9 cm³/mol. The minimum absolute atomic E-state index is 0.150. The first-order valence-electron chi connectivity index (χ1n) is 6.20. The van der Waals surface area contributed by atoms with E-state index in [1.807, 2.05) is 13.8 Å². The van der Waals surface area contributed by atoms with Gasteiger partial charge in [0.15, 0.2) is 0 Å². The van der Waals surface area contributed by atoms with E-state index in [4.69, 9.17) is 16.3 Å². The molecule has 8 heteroatoms. The lowest BCUT2D eigenvalue weighted by atomic mass is 10.1. The van der Waals surface area contributed by atoms with Crippen LogP contribution in [-0.2, 0) is 14.8 Å². The number of thiophene rings is 1. The highest BCUT2D eigenvalue weighted by Gasteiger charge is 2.39. The first-order chi connectivity index (χ1) is 9.15. The van der Waals surface area contributed by atoms with Crippen LogP contribution in [-0.4, -0.2) is 49.2 Å². The summed E-state index contributed by atoms with van der Waals surface area (Å²) in [6.45, 7) is 5.59. The zero-order valence-electron chi connectivity index (χ0n) is 11.6. The van der Waals surface area contributed by atoms with Crippen LogP contribution in [0.4, 0.5) is 0 Å². The van der Waals surface area contributed by atoms with Crippen molar-refractivity contribution in [2.24, 2.45) is 0 Å². The van der Waals surface area contributed by atoms with E-state index in [-0.39, 0.29) is 23.9 Å². The number of rotatable bonds is 3. The molecule has 0 spiro atoms. The average molecular weight is 340 g/mol. The van der Waals surface area contributed by atoms with Gasteiger partial charge in [0.25, 0.3) is 10.0 Å². The molecule has 0 aliphatic carbocycles. The molecule has 1 aliphatic rings. The first kappa shape index (κ1) is 16.2. The summed E-state index contributed by atoms with van der Waals surface area (Å²) in [5.74, 6) is 0. The second-order valence-electron chi connectivity index (χ2n) is 5.50. The van der Waals surface area contributed by atoms with E-state index in [1.165, 1.54) is 4.31 Å². The van der Waals surface area contributed by atoms with E-state index in [0.29, 0.717) is 4.34 Å². The van der Waals surface area contributed by atoms with Gasteiger partial charge < -0.3 is 9.84 Å². The highest BCUT2D eigenvalue weighted by atomic mass is 35.5. The lowest BCUT2D eigenvalue weighted by Crippen LogP contribution is -2.55. The van der Waals surface area contributed by atoms with Crippen LogP contribution in [0.25, 0.3) is 0 Å². The molecule has 5 nitrogen and oxygen atoms in total. The number of sulfonamides is 1. The van der Waals surface area contributed by atoms with Crippen molar-refractivity contribution in [3.05, 3.63) is 16.0 Å². The van der Waals surface area contributed by atoms with Gasteiger partial charge in [-0.05, 0) is 32.4 Å². The Balaban J connectivity index is 2.33. The van der Waals surface area contributed by atoms with E-state index in [0.717, 1.165) is 16.9 Å². The van der Waals surface area contributed by atoms with Gasteiger partial charge in [0.05, 0.1) is 22.6 Å². The second kappa shape index (κ2) is 5.55. The largest absolute Gasteiger partial charge is 0.394 e. The maximum absolute atomic E-state index is 12.6. The molecule has 1 aromatic heterocycles. The molecule has 0 saturated carbocycles. The monoisotopic (exact) mass is 339 g/mol. The molecule has 2 rings (SSSR count). The van der Waals surface area contributed by atoms with Crippen molar-refractivity contribution in [3.8, 4) is 0 Å². The van der Waals surface area contributed by atoms with E-state index < -0.39 is 21.7 Å². The summed E-state index contributed by atoms with van der Waals surface area (Å²) in [4.78, 5) is 0. The second-order valence-corrected chi connectivity index (χ2v) is 9.32. The van der Waals surface area contributed by atoms with Crippen LogP contribution in [0.2, 0.25) is 4.34 Å². The van der Waals surface area contributed by atoms with Crippen LogP contribution >= 0.6 is 22.9 Å². The smallest absolute Gasteiger partial charge is 0.252 e. The Labute approximate surface area is 128 Å². The van der Waals surface area contributed by atoms with Crippen LogP contribution in [0, 0.1) is 6.92 Å². The highest BCUT2D eigenvalue weighted by molar-refractivity contribution is 7.91. The van der Waals surface area contributed by atoms with Crippen molar-refractivity contribution in [2.45, 2.75) is 36.7 Å². The summed E-state index contributed by atoms with van der Waals surface area (Å²) in [6, 6.07) is 1.58. The van der Waals surface area contributed by atoms with Gasteiger partial charge in [0.2, 0.25) is 0 Å². The van der Waals surface area contributed by atoms with Gasteiger partial charge in [0.1, 0.15) is 4.21 Å². The Morgan fingerprint density at radius 3 is 2.75 bits per heavy atom. The molecule has 20 heavy (non-hydrogen) atoms. The van der Waals surface area contributed by atoms with Crippen molar-refractivity contribution in [2.75, 3.05) is 19.7 Å². The molecule has 0 aromatic carbocycles. The Morgan fingerprint density at radius 1 is 1.60 bits per heavy atom. The maximum atomic E-state index is 12.6.